The van der Waals surface area contributed by atoms with Crippen LogP contribution in [0.3, 0.4) is 0 Å². The minimum absolute atomic E-state index is 0.280. The second-order valence-electron chi connectivity index (χ2n) is 4.28. The van der Waals surface area contributed by atoms with Crippen LogP contribution in [-0.2, 0) is 4.79 Å². The van der Waals surface area contributed by atoms with Gasteiger partial charge in [-0.25, -0.2) is 0 Å². The lowest BCUT2D eigenvalue weighted by atomic mass is 9.98. The lowest BCUT2D eigenvalue weighted by Crippen LogP contribution is -1.95. The molecule has 0 amide bonds. The fraction of sp³-hybridized carbons (Fsp3) is 0.357. The lowest BCUT2D eigenvalue weighted by molar-refractivity contribution is -0.105. The van der Waals surface area contributed by atoms with Crippen LogP contribution in [-0.4, -0.2) is 6.29 Å². The first-order valence-corrected chi connectivity index (χ1v) is 5.28. The van der Waals surface area contributed by atoms with E-state index in [0.717, 1.165) is 17.4 Å². The van der Waals surface area contributed by atoms with Gasteiger partial charge in [-0.3, -0.25) is 4.79 Å². The van der Waals surface area contributed by atoms with Gasteiger partial charge in [0, 0.05) is 0 Å². The molecule has 0 aliphatic carbocycles. The van der Waals surface area contributed by atoms with Crippen molar-refractivity contribution in [2.75, 3.05) is 0 Å². The molecular formula is C14H18O. The number of aryl methyl sites for hydroxylation is 2. The molecule has 0 heterocycles. The van der Waals surface area contributed by atoms with Crippen molar-refractivity contribution in [1.29, 1.82) is 0 Å². The number of carbonyl (C=O) groups is 1. The van der Waals surface area contributed by atoms with E-state index in [2.05, 4.69) is 32.0 Å². The van der Waals surface area contributed by atoms with Crippen molar-refractivity contribution >= 4 is 12.4 Å². The highest BCUT2D eigenvalue weighted by atomic mass is 16.1. The van der Waals surface area contributed by atoms with Gasteiger partial charge < -0.3 is 0 Å². The zero-order valence-corrected chi connectivity index (χ0v) is 9.87. The van der Waals surface area contributed by atoms with Crippen molar-refractivity contribution in [2.45, 2.75) is 27.7 Å². The van der Waals surface area contributed by atoms with Gasteiger partial charge in [0.2, 0.25) is 0 Å². The number of rotatable bonds is 3. The Labute approximate surface area is 91.8 Å². The Kier molecular flexibility index (Phi) is 3.84. The zero-order chi connectivity index (χ0) is 11.4. The van der Waals surface area contributed by atoms with Crippen molar-refractivity contribution in [2.24, 2.45) is 5.92 Å². The molecule has 80 valence electrons. The molecule has 0 aromatic heterocycles. The minimum Gasteiger partial charge on any atom is -0.298 e. The molecule has 0 saturated carbocycles. The predicted molar refractivity (Wildman–Crippen MR) is 64.8 cm³/mol. The first kappa shape index (κ1) is 11.7. The molecule has 0 N–H and O–H groups in total. The Bertz CT molecular complexity index is 386. The number of aldehydes is 1. The quantitative estimate of drug-likeness (QED) is 0.541. The fourth-order valence-corrected chi connectivity index (χ4v) is 1.43. The van der Waals surface area contributed by atoms with Crippen LogP contribution in [0.2, 0.25) is 0 Å². The molecule has 0 spiro atoms. The molecule has 0 unspecified atom stereocenters. The average molecular weight is 202 g/mol. The average Bonchev–Trinajstić information content (AvgIpc) is 2.18. The third kappa shape index (κ3) is 3.05. The fourth-order valence-electron chi connectivity index (χ4n) is 1.43. The minimum atomic E-state index is 0.280. The van der Waals surface area contributed by atoms with E-state index >= 15 is 0 Å². The van der Waals surface area contributed by atoms with E-state index in [0.29, 0.717) is 0 Å². The molecule has 15 heavy (non-hydrogen) atoms. The molecule has 0 aliphatic rings. The van der Waals surface area contributed by atoms with Gasteiger partial charge in [-0.2, -0.15) is 0 Å². The molecule has 1 aromatic carbocycles. The molecule has 1 rings (SSSR count). The maximum absolute atomic E-state index is 10.9. The summed E-state index contributed by atoms with van der Waals surface area (Å²) in [5.41, 5.74) is 4.43. The van der Waals surface area contributed by atoms with E-state index in [1.807, 2.05) is 19.9 Å². The molecule has 0 fully saturated rings. The molecule has 1 aromatic rings. The largest absolute Gasteiger partial charge is 0.298 e. The summed E-state index contributed by atoms with van der Waals surface area (Å²) in [6.07, 6.45) is 2.94. The Morgan fingerprint density at radius 2 is 1.93 bits per heavy atom. The number of carbonyl (C=O) groups excluding carboxylic acids is 1. The highest BCUT2D eigenvalue weighted by molar-refractivity contribution is 5.82. The second kappa shape index (κ2) is 4.92. The summed E-state index contributed by atoms with van der Waals surface area (Å²) in [6, 6.07) is 6.29. The number of benzene rings is 1. The first-order chi connectivity index (χ1) is 7.04. The Balaban J connectivity index is 3.16. The number of hydrogen-bond acceptors (Lipinski definition) is 1. The third-order valence-corrected chi connectivity index (χ3v) is 2.56. The van der Waals surface area contributed by atoms with Crippen molar-refractivity contribution in [1.82, 2.24) is 0 Å². The molecule has 1 heteroatoms. The number of hydrogen-bond donors (Lipinski definition) is 0. The van der Waals surface area contributed by atoms with Gasteiger partial charge in [0.15, 0.2) is 0 Å². The Morgan fingerprint density at radius 1 is 1.27 bits per heavy atom. The standard InChI is InChI=1S/C14H18O/c1-10(2)14(9-15)8-13-7-11(3)5-6-12(13)4/h5-10H,1-4H3/b14-8+. The smallest absolute Gasteiger partial charge is 0.146 e. The molecule has 0 aliphatic heterocycles. The Morgan fingerprint density at radius 3 is 2.47 bits per heavy atom. The van der Waals surface area contributed by atoms with Crippen LogP contribution in [0.5, 0.6) is 0 Å². The summed E-state index contributed by atoms with van der Waals surface area (Å²) in [4.78, 5) is 10.9. The zero-order valence-electron chi connectivity index (χ0n) is 9.87. The van der Waals surface area contributed by atoms with E-state index in [1.54, 1.807) is 0 Å². The maximum atomic E-state index is 10.9. The maximum Gasteiger partial charge on any atom is 0.146 e. The SMILES string of the molecule is Cc1ccc(C)c(/C=C(\C=O)C(C)C)c1. The van der Waals surface area contributed by atoms with Crippen molar-refractivity contribution < 1.29 is 4.79 Å². The molecular weight excluding hydrogens is 184 g/mol. The van der Waals surface area contributed by atoms with E-state index in [1.165, 1.54) is 11.1 Å². The van der Waals surface area contributed by atoms with E-state index < -0.39 is 0 Å². The van der Waals surface area contributed by atoms with Crippen molar-refractivity contribution in [3.8, 4) is 0 Å². The summed E-state index contributed by atoms with van der Waals surface area (Å²) in [6.45, 7) is 8.19. The highest BCUT2D eigenvalue weighted by Crippen LogP contribution is 2.17. The topological polar surface area (TPSA) is 17.1 Å². The molecule has 0 bridgehead atoms. The van der Waals surface area contributed by atoms with Gasteiger partial charge in [0.05, 0.1) is 0 Å². The first-order valence-electron chi connectivity index (χ1n) is 5.28. The predicted octanol–water partition coefficient (Wildman–Crippen LogP) is 3.54. The van der Waals surface area contributed by atoms with Crippen molar-refractivity contribution in [3.63, 3.8) is 0 Å². The van der Waals surface area contributed by atoms with E-state index in [9.17, 15) is 4.79 Å². The van der Waals surface area contributed by atoms with Gasteiger partial charge in [-0.05, 0) is 42.5 Å². The van der Waals surface area contributed by atoms with Crippen LogP contribution in [0.1, 0.15) is 30.5 Å². The monoisotopic (exact) mass is 202 g/mol. The van der Waals surface area contributed by atoms with Crippen LogP contribution in [0.25, 0.3) is 6.08 Å². The van der Waals surface area contributed by atoms with Gasteiger partial charge in [-0.15, -0.1) is 0 Å². The third-order valence-electron chi connectivity index (χ3n) is 2.56. The van der Waals surface area contributed by atoms with Gasteiger partial charge in [0.25, 0.3) is 0 Å². The number of allylic oxidation sites excluding steroid dienone is 1. The summed E-state index contributed by atoms with van der Waals surface area (Å²) in [5.74, 6) is 0.280. The van der Waals surface area contributed by atoms with E-state index in [-0.39, 0.29) is 5.92 Å². The summed E-state index contributed by atoms with van der Waals surface area (Å²) in [5, 5.41) is 0. The van der Waals surface area contributed by atoms with Crippen LogP contribution >= 0.6 is 0 Å². The second-order valence-corrected chi connectivity index (χ2v) is 4.28. The van der Waals surface area contributed by atoms with E-state index in [4.69, 9.17) is 0 Å². The van der Waals surface area contributed by atoms with Gasteiger partial charge in [0.1, 0.15) is 6.29 Å². The summed E-state index contributed by atoms with van der Waals surface area (Å²) >= 11 is 0. The lowest BCUT2D eigenvalue weighted by Gasteiger charge is -2.06. The van der Waals surface area contributed by atoms with Crippen LogP contribution in [0.4, 0.5) is 0 Å². The van der Waals surface area contributed by atoms with Crippen LogP contribution < -0.4 is 0 Å². The molecule has 0 atom stereocenters. The summed E-state index contributed by atoms with van der Waals surface area (Å²) < 4.78 is 0. The normalized spacial score (nSPS) is 11.9. The van der Waals surface area contributed by atoms with Gasteiger partial charge in [-0.1, -0.05) is 37.6 Å². The summed E-state index contributed by atoms with van der Waals surface area (Å²) in [7, 11) is 0. The van der Waals surface area contributed by atoms with Crippen LogP contribution in [0.15, 0.2) is 23.8 Å². The Hall–Kier alpha value is -1.37. The molecule has 1 nitrogen and oxygen atoms in total. The van der Waals surface area contributed by atoms with Crippen LogP contribution in [0, 0.1) is 19.8 Å². The highest BCUT2D eigenvalue weighted by Gasteiger charge is 2.03. The molecule has 0 radical (unpaired) electrons. The molecule has 0 saturated heterocycles. The van der Waals surface area contributed by atoms with Gasteiger partial charge >= 0.3 is 0 Å². The van der Waals surface area contributed by atoms with Crippen molar-refractivity contribution in [3.05, 3.63) is 40.5 Å².